The van der Waals surface area contributed by atoms with Crippen LogP contribution in [0.15, 0.2) is 0 Å². The molecule has 0 unspecified atom stereocenters. The number of hydrogen-bond acceptors (Lipinski definition) is 3. The zero-order valence-corrected chi connectivity index (χ0v) is 9.18. The third kappa shape index (κ3) is 2.07. The summed E-state index contributed by atoms with van der Waals surface area (Å²) in [5.74, 6) is 5.15. The Hall–Kier alpha value is -0.610. The number of hydrogen-bond donors (Lipinski definition) is 2. The maximum atomic E-state index is 11.7. The van der Waals surface area contributed by atoms with Gasteiger partial charge in [-0.05, 0) is 39.3 Å². The molecule has 82 valence electrons. The van der Waals surface area contributed by atoms with Crippen LogP contribution in [0.2, 0.25) is 0 Å². The molecule has 1 fully saturated rings. The summed E-state index contributed by atoms with van der Waals surface area (Å²) in [5.41, 5.74) is 1.85. The summed E-state index contributed by atoms with van der Waals surface area (Å²) in [5, 5.41) is 0. The Morgan fingerprint density at radius 2 is 2.00 bits per heavy atom. The Morgan fingerprint density at radius 1 is 1.43 bits per heavy atom. The van der Waals surface area contributed by atoms with Gasteiger partial charge in [0.05, 0.1) is 5.54 Å². The summed E-state index contributed by atoms with van der Waals surface area (Å²) in [7, 11) is 0. The van der Waals surface area contributed by atoms with Crippen molar-refractivity contribution in [3.63, 3.8) is 0 Å². The topological polar surface area (TPSA) is 58.4 Å². The van der Waals surface area contributed by atoms with Gasteiger partial charge in [-0.25, -0.2) is 5.84 Å². The Bertz CT molecular complexity index is 202. The van der Waals surface area contributed by atoms with E-state index < -0.39 is 5.54 Å². The van der Waals surface area contributed by atoms with Crippen molar-refractivity contribution in [2.45, 2.75) is 45.1 Å². The van der Waals surface area contributed by atoms with Gasteiger partial charge in [0.15, 0.2) is 0 Å². The second-order valence-corrected chi connectivity index (χ2v) is 4.15. The van der Waals surface area contributed by atoms with Gasteiger partial charge in [-0.1, -0.05) is 13.3 Å². The van der Waals surface area contributed by atoms with Gasteiger partial charge in [-0.15, -0.1) is 0 Å². The molecule has 1 aliphatic heterocycles. The summed E-state index contributed by atoms with van der Waals surface area (Å²) in [4.78, 5) is 13.9. The van der Waals surface area contributed by atoms with E-state index in [0.717, 1.165) is 19.5 Å². The molecule has 0 aliphatic carbocycles. The van der Waals surface area contributed by atoms with E-state index in [1.165, 1.54) is 19.3 Å². The number of nitrogens with one attached hydrogen (secondary N) is 1. The highest BCUT2D eigenvalue weighted by atomic mass is 16.2. The summed E-state index contributed by atoms with van der Waals surface area (Å²) >= 11 is 0. The molecule has 1 rings (SSSR count). The van der Waals surface area contributed by atoms with Crippen LogP contribution in [0.4, 0.5) is 0 Å². The van der Waals surface area contributed by atoms with Gasteiger partial charge in [0, 0.05) is 0 Å². The fourth-order valence-corrected chi connectivity index (χ4v) is 2.07. The van der Waals surface area contributed by atoms with Crippen LogP contribution < -0.4 is 11.3 Å². The molecule has 0 aromatic carbocycles. The zero-order chi connectivity index (χ0) is 10.6. The van der Waals surface area contributed by atoms with Gasteiger partial charge >= 0.3 is 0 Å². The molecule has 14 heavy (non-hydrogen) atoms. The standard InChI is InChI=1S/C10H21N3O/c1-3-10(2,9(14)12-11)13-7-5-4-6-8-13/h3-8,11H2,1-2H3,(H,12,14)/t10-/m1/s1. The summed E-state index contributed by atoms with van der Waals surface area (Å²) in [6.45, 7) is 6.03. The average molecular weight is 199 g/mol. The Kier molecular flexibility index (Phi) is 3.89. The fourth-order valence-electron chi connectivity index (χ4n) is 2.07. The molecule has 0 spiro atoms. The minimum atomic E-state index is -0.421. The predicted molar refractivity (Wildman–Crippen MR) is 56.5 cm³/mol. The highest BCUT2D eigenvalue weighted by Crippen LogP contribution is 2.23. The molecule has 1 aliphatic rings. The number of carbonyl (C=O) groups is 1. The lowest BCUT2D eigenvalue weighted by atomic mass is 9.92. The van der Waals surface area contributed by atoms with Crippen LogP contribution in [-0.4, -0.2) is 29.4 Å². The Balaban J connectivity index is 2.71. The molecule has 0 bridgehead atoms. The van der Waals surface area contributed by atoms with E-state index in [1.54, 1.807) is 0 Å². The Morgan fingerprint density at radius 3 is 2.43 bits per heavy atom. The van der Waals surface area contributed by atoms with E-state index in [1.807, 2.05) is 13.8 Å². The molecular weight excluding hydrogens is 178 g/mol. The molecule has 1 atom stereocenters. The first-order valence-corrected chi connectivity index (χ1v) is 5.41. The number of likely N-dealkylation sites (tertiary alicyclic amines) is 1. The highest BCUT2D eigenvalue weighted by molar-refractivity contribution is 5.85. The quantitative estimate of drug-likeness (QED) is 0.398. The minimum Gasteiger partial charge on any atom is -0.293 e. The van der Waals surface area contributed by atoms with Gasteiger partial charge in [0.25, 0.3) is 5.91 Å². The van der Waals surface area contributed by atoms with Gasteiger partial charge < -0.3 is 0 Å². The maximum Gasteiger partial charge on any atom is 0.254 e. The first-order chi connectivity index (χ1) is 6.65. The lowest BCUT2D eigenvalue weighted by Crippen LogP contribution is -2.59. The van der Waals surface area contributed by atoms with E-state index in [4.69, 9.17) is 5.84 Å². The number of nitrogens with two attached hydrogens (primary N) is 1. The smallest absolute Gasteiger partial charge is 0.254 e. The normalized spacial score (nSPS) is 22.8. The lowest BCUT2D eigenvalue weighted by molar-refractivity contribution is -0.133. The molecule has 4 nitrogen and oxygen atoms in total. The molecule has 1 amide bonds. The van der Waals surface area contributed by atoms with Crippen LogP contribution in [0.25, 0.3) is 0 Å². The van der Waals surface area contributed by atoms with E-state index in [-0.39, 0.29) is 5.91 Å². The van der Waals surface area contributed by atoms with Gasteiger partial charge in [-0.3, -0.25) is 15.1 Å². The first kappa shape index (κ1) is 11.5. The molecule has 0 saturated carbocycles. The van der Waals surface area contributed by atoms with E-state index >= 15 is 0 Å². The van der Waals surface area contributed by atoms with Crippen molar-refractivity contribution < 1.29 is 4.79 Å². The third-order valence-corrected chi connectivity index (χ3v) is 3.36. The van der Waals surface area contributed by atoms with Crippen LogP contribution in [0, 0.1) is 0 Å². The summed E-state index contributed by atoms with van der Waals surface area (Å²) in [6.07, 6.45) is 4.46. The van der Waals surface area contributed by atoms with Gasteiger partial charge in [0.2, 0.25) is 0 Å². The summed E-state index contributed by atoms with van der Waals surface area (Å²) in [6, 6.07) is 0. The average Bonchev–Trinajstić information content (AvgIpc) is 2.28. The number of nitrogens with zero attached hydrogens (tertiary/aromatic N) is 1. The molecule has 0 aromatic heterocycles. The monoisotopic (exact) mass is 199 g/mol. The third-order valence-electron chi connectivity index (χ3n) is 3.36. The van der Waals surface area contributed by atoms with Crippen LogP contribution in [0.5, 0.6) is 0 Å². The van der Waals surface area contributed by atoms with Crippen molar-refractivity contribution in [1.29, 1.82) is 0 Å². The predicted octanol–water partition coefficient (Wildman–Crippen LogP) is 0.631. The van der Waals surface area contributed by atoms with Crippen molar-refractivity contribution in [3.05, 3.63) is 0 Å². The van der Waals surface area contributed by atoms with E-state index in [2.05, 4.69) is 10.3 Å². The maximum absolute atomic E-state index is 11.7. The Labute approximate surface area is 85.8 Å². The summed E-state index contributed by atoms with van der Waals surface area (Å²) < 4.78 is 0. The van der Waals surface area contributed by atoms with E-state index in [9.17, 15) is 4.79 Å². The van der Waals surface area contributed by atoms with Crippen LogP contribution >= 0.6 is 0 Å². The van der Waals surface area contributed by atoms with Crippen LogP contribution in [0.3, 0.4) is 0 Å². The molecular formula is C10H21N3O. The van der Waals surface area contributed by atoms with Crippen molar-refractivity contribution in [3.8, 4) is 0 Å². The number of amides is 1. The second kappa shape index (κ2) is 4.75. The van der Waals surface area contributed by atoms with Gasteiger partial charge in [0.1, 0.15) is 0 Å². The largest absolute Gasteiger partial charge is 0.293 e. The zero-order valence-electron chi connectivity index (χ0n) is 9.18. The van der Waals surface area contributed by atoms with Crippen LogP contribution in [0.1, 0.15) is 39.5 Å². The van der Waals surface area contributed by atoms with Crippen molar-refractivity contribution >= 4 is 5.91 Å². The second-order valence-electron chi connectivity index (χ2n) is 4.15. The van der Waals surface area contributed by atoms with Crippen molar-refractivity contribution in [1.82, 2.24) is 10.3 Å². The van der Waals surface area contributed by atoms with Crippen LogP contribution in [-0.2, 0) is 4.79 Å². The highest BCUT2D eigenvalue weighted by Gasteiger charge is 2.37. The van der Waals surface area contributed by atoms with E-state index in [0.29, 0.717) is 0 Å². The SMILES string of the molecule is CC[C@](C)(C(=O)NN)N1CCCCC1. The molecule has 1 saturated heterocycles. The first-order valence-electron chi connectivity index (χ1n) is 5.41. The van der Waals surface area contributed by atoms with Gasteiger partial charge in [-0.2, -0.15) is 0 Å². The van der Waals surface area contributed by atoms with Crippen molar-refractivity contribution in [2.24, 2.45) is 5.84 Å². The number of piperidine rings is 1. The number of carbonyl (C=O) groups excluding carboxylic acids is 1. The molecule has 0 aromatic rings. The molecule has 4 heteroatoms. The number of rotatable bonds is 3. The molecule has 1 heterocycles. The molecule has 3 N–H and O–H groups in total. The minimum absolute atomic E-state index is 0.0677. The van der Waals surface area contributed by atoms with Crippen molar-refractivity contribution in [2.75, 3.05) is 13.1 Å². The fraction of sp³-hybridized carbons (Fsp3) is 0.900. The lowest BCUT2D eigenvalue weighted by Gasteiger charge is -2.41. The number of hydrazine groups is 1. The molecule has 0 radical (unpaired) electrons.